The molecule has 2 N–H and O–H groups in total. The number of likely N-dealkylation sites (tertiary alicyclic amines) is 1. The number of nitrogens with zero attached hydrogens (tertiary/aromatic N) is 1. The van der Waals surface area contributed by atoms with E-state index in [-0.39, 0.29) is 17.9 Å². The first-order valence-corrected chi connectivity index (χ1v) is 7.42. The Morgan fingerprint density at radius 3 is 2.62 bits per heavy atom. The summed E-state index contributed by atoms with van der Waals surface area (Å²) in [4.78, 5) is 25.4. The lowest BCUT2D eigenvalue weighted by molar-refractivity contribution is -0.128. The minimum Gasteiger partial charge on any atom is -0.350 e. The van der Waals surface area contributed by atoms with Crippen molar-refractivity contribution < 1.29 is 9.59 Å². The molecular weight excluding hydrogens is 266 g/mol. The molecule has 0 aliphatic carbocycles. The maximum absolute atomic E-state index is 12.0. The quantitative estimate of drug-likeness (QED) is 0.826. The number of nitrogens with one attached hydrogen (secondary N) is 2. The van der Waals surface area contributed by atoms with Crippen molar-refractivity contribution >= 4 is 11.8 Å². The van der Waals surface area contributed by atoms with Crippen molar-refractivity contribution in [3.63, 3.8) is 0 Å². The topological polar surface area (TPSA) is 61.4 Å². The molecule has 1 atom stereocenters. The molecule has 0 spiro atoms. The van der Waals surface area contributed by atoms with Gasteiger partial charge >= 0.3 is 0 Å². The van der Waals surface area contributed by atoms with Gasteiger partial charge in [-0.3, -0.25) is 9.59 Å². The third kappa shape index (κ3) is 4.29. The van der Waals surface area contributed by atoms with E-state index in [2.05, 4.69) is 10.6 Å². The summed E-state index contributed by atoms with van der Waals surface area (Å²) in [6, 6.07) is 7.71. The fourth-order valence-electron chi connectivity index (χ4n) is 2.30. The van der Waals surface area contributed by atoms with Crippen LogP contribution in [0.3, 0.4) is 0 Å². The van der Waals surface area contributed by atoms with Crippen LogP contribution in [0.1, 0.15) is 35.7 Å². The SMILES string of the molecule is CNC(C)CNC(=O)c1ccc(CN2CCCC2=O)cc1. The summed E-state index contributed by atoms with van der Waals surface area (Å²) in [5.41, 5.74) is 1.71. The van der Waals surface area contributed by atoms with Gasteiger partial charge in [0.1, 0.15) is 0 Å². The summed E-state index contributed by atoms with van der Waals surface area (Å²) in [6.45, 7) is 4.08. The molecule has 5 nitrogen and oxygen atoms in total. The Hall–Kier alpha value is -1.88. The van der Waals surface area contributed by atoms with Crippen LogP contribution in [0.25, 0.3) is 0 Å². The van der Waals surface area contributed by atoms with Crippen molar-refractivity contribution in [3.05, 3.63) is 35.4 Å². The number of rotatable bonds is 6. The van der Waals surface area contributed by atoms with Gasteiger partial charge in [-0.1, -0.05) is 12.1 Å². The molecule has 1 heterocycles. The summed E-state index contributed by atoms with van der Waals surface area (Å²) >= 11 is 0. The van der Waals surface area contributed by atoms with Crippen LogP contribution in [0, 0.1) is 0 Å². The van der Waals surface area contributed by atoms with Gasteiger partial charge in [0.25, 0.3) is 5.91 Å². The molecule has 1 unspecified atom stereocenters. The zero-order valence-electron chi connectivity index (χ0n) is 12.7. The number of amides is 2. The van der Waals surface area contributed by atoms with E-state index in [1.807, 2.05) is 43.1 Å². The van der Waals surface area contributed by atoms with Crippen LogP contribution in [0.2, 0.25) is 0 Å². The Balaban J connectivity index is 1.89. The Kier molecular flexibility index (Phi) is 5.33. The van der Waals surface area contributed by atoms with Gasteiger partial charge in [-0.25, -0.2) is 0 Å². The third-order valence-corrected chi connectivity index (χ3v) is 3.82. The van der Waals surface area contributed by atoms with Crippen molar-refractivity contribution in [3.8, 4) is 0 Å². The largest absolute Gasteiger partial charge is 0.350 e. The van der Waals surface area contributed by atoms with Gasteiger partial charge in [-0.05, 0) is 38.1 Å². The Labute approximate surface area is 125 Å². The second-order valence-corrected chi connectivity index (χ2v) is 5.52. The molecule has 1 aromatic carbocycles. The minimum absolute atomic E-state index is 0.0686. The molecule has 5 heteroatoms. The van der Waals surface area contributed by atoms with E-state index in [9.17, 15) is 9.59 Å². The average Bonchev–Trinajstić information content (AvgIpc) is 2.90. The van der Waals surface area contributed by atoms with Crippen LogP contribution in [0.15, 0.2) is 24.3 Å². The molecule has 0 aromatic heterocycles. The van der Waals surface area contributed by atoms with Gasteiger partial charge in [-0.2, -0.15) is 0 Å². The molecule has 1 aromatic rings. The van der Waals surface area contributed by atoms with Gasteiger partial charge in [0.15, 0.2) is 0 Å². The van der Waals surface area contributed by atoms with Crippen LogP contribution in [-0.2, 0) is 11.3 Å². The van der Waals surface area contributed by atoms with Crippen molar-refractivity contribution in [2.45, 2.75) is 32.4 Å². The number of hydrogen-bond donors (Lipinski definition) is 2. The molecule has 2 amide bonds. The lowest BCUT2D eigenvalue weighted by Crippen LogP contribution is -2.37. The standard InChI is InChI=1S/C16H23N3O2/c1-12(17-2)10-18-16(21)14-7-5-13(6-8-14)11-19-9-3-4-15(19)20/h5-8,12,17H,3-4,9-11H2,1-2H3,(H,18,21). The van der Waals surface area contributed by atoms with Crippen LogP contribution in [0.5, 0.6) is 0 Å². The molecule has 0 radical (unpaired) electrons. The van der Waals surface area contributed by atoms with Crippen LogP contribution in [-0.4, -0.2) is 42.9 Å². The van der Waals surface area contributed by atoms with Gasteiger partial charge < -0.3 is 15.5 Å². The van der Waals surface area contributed by atoms with E-state index in [0.29, 0.717) is 25.1 Å². The lowest BCUT2D eigenvalue weighted by Gasteiger charge is -2.15. The molecule has 0 bridgehead atoms. The van der Waals surface area contributed by atoms with Gasteiger partial charge in [0.05, 0.1) is 0 Å². The highest BCUT2D eigenvalue weighted by atomic mass is 16.2. The number of likely N-dealkylation sites (N-methyl/N-ethyl adjacent to an activating group) is 1. The fourth-order valence-corrected chi connectivity index (χ4v) is 2.30. The smallest absolute Gasteiger partial charge is 0.251 e. The Morgan fingerprint density at radius 2 is 2.05 bits per heavy atom. The van der Waals surface area contributed by atoms with Crippen molar-refractivity contribution in [1.29, 1.82) is 0 Å². The molecule has 1 saturated heterocycles. The summed E-state index contributed by atoms with van der Waals surface area (Å²) in [6.07, 6.45) is 1.60. The Morgan fingerprint density at radius 1 is 1.33 bits per heavy atom. The maximum atomic E-state index is 12.0. The van der Waals surface area contributed by atoms with Crippen LogP contribution >= 0.6 is 0 Å². The van der Waals surface area contributed by atoms with Gasteiger partial charge in [-0.15, -0.1) is 0 Å². The summed E-state index contributed by atoms with van der Waals surface area (Å²) < 4.78 is 0. The monoisotopic (exact) mass is 289 g/mol. The van der Waals surface area contributed by atoms with E-state index in [0.717, 1.165) is 18.5 Å². The summed E-state index contributed by atoms with van der Waals surface area (Å²) in [7, 11) is 1.87. The van der Waals surface area contributed by atoms with E-state index < -0.39 is 0 Å². The number of hydrogen-bond acceptors (Lipinski definition) is 3. The first-order valence-electron chi connectivity index (χ1n) is 7.42. The molecule has 1 aliphatic heterocycles. The molecule has 1 aliphatic rings. The van der Waals surface area contributed by atoms with Gasteiger partial charge in [0, 0.05) is 37.7 Å². The van der Waals surface area contributed by atoms with Gasteiger partial charge in [0.2, 0.25) is 5.91 Å². The normalized spacial score (nSPS) is 16.1. The van der Waals surface area contributed by atoms with Crippen molar-refractivity contribution in [1.82, 2.24) is 15.5 Å². The highest BCUT2D eigenvalue weighted by Crippen LogP contribution is 2.14. The minimum atomic E-state index is -0.0686. The highest BCUT2D eigenvalue weighted by molar-refractivity contribution is 5.94. The third-order valence-electron chi connectivity index (χ3n) is 3.82. The zero-order valence-corrected chi connectivity index (χ0v) is 12.7. The summed E-state index contributed by atoms with van der Waals surface area (Å²) in [5, 5.41) is 5.96. The fraction of sp³-hybridized carbons (Fsp3) is 0.500. The maximum Gasteiger partial charge on any atom is 0.251 e. The molecule has 0 saturated carbocycles. The zero-order chi connectivity index (χ0) is 15.2. The van der Waals surface area contributed by atoms with Crippen LogP contribution < -0.4 is 10.6 Å². The number of benzene rings is 1. The predicted molar refractivity (Wildman–Crippen MR) is 81.9 cm³/mol. The molecule has 21 heavy (non-hydrogen) atoms. The van der Waals surface area contributed by atoms with E-state index in [4.69, 9.17) is 0 Å². The first-order chi connectivity index (χ1) is 10.1. The van der Waals surface area contributed by atoms with E-state index >= 15 is 0 Å². The molecule has 1 fully saturated rings. The second kappa shape index (κ2) is 7.22. The molecular formula is C16H23N3O2. The number of carbonyl (C=O) groups is 2. The second-order valence-electron chi connectivity index (χ2n) is 5.52. The Bertz CT molecular complexity index is 499. The molecule has 2 rings (SSSR count). The van der Waals surface area contributed by atoms with Crippen LogP contribution in [0.4, 0.5) is 0 Å². The average molecular weight is 289 g/mol. The number of carbonyl (C=O) groups excluding carboxylic acids is 2. The van der Waals surface area contributed by atoms with Crippen molar-refractivity contribution in [2.24, 2.45) is 0 Å². The first kappa shape index (κ1) is 15.5. The van der Waals surface area contributed by atoms with E-state index in [1.54, 1.807) is 0 Å². The molecule has 114 valence electrons. The highest BCUT2D eigenvalue weighted by Gasteiger charge is 2.19. The lowest BCUT2D eigenvalue weighted by atomic mass is 10.1. The van der Waals surface area contributed by atoms with E-state index in [1.165, 1.54) is 0 Å². The van der Waals surface area contributed by atoms with Crippen molar-refractivity contribution in [2.75, 3.05) is 20.1 Å². The predicted octanol–water partition coefficient (Wildman–Crippen LogP) is 1.15. The summed E-state index contributed by atoms with van der Waals surface area (Å²) in [5.74, 6) is 0.152.